The van der Waals surface area contributed by atoms with Crippen LogP contribution in [0.3, 0.4) is 0 Å². The zero-order valence-electron chi connectivity index (χ0n) is 7.24. The Morgan fingerprint density at radius 3 is 2.57 bits per heavy atom. The van der Waals surface area contributed by atoms with Gasteiger partial charge in [0.2, 0.25) is 0 Å². The van der Waals surface area contributed by atoms with Gasteiger partial charge in [0.1, 0.15) is 0 Å². The van der Waals surface area contributed by atoms with Crippen LogP contribution in [0.1, 0.15) is 27.1 Å². The first-order valence-electron chi connectivity index (χ1n) is 4.33. The Balaban J connectivity index is 2.43. The van der Waals surface area contributed by atoms with Crippen molar-refractivity contribution in [1.29, 1.82) is 0 Å². The Kier molecular flexibility index (Phi) is 1.55. The van der Waals surface area contributed by atoms with Crippen LogP contribution in [-0.2, 0) is 0 Å². The van der Waals surface area contributed by atoms with Crippen molar-refractivity contribution in [1.82, 2.24) is 0 Å². The van der Waals surface area contributed by atoms with Gasteiger partial charge in [-0.2, -0.15) is 0 Å². The topological polar surface area (TPSA) is 34.1 Å². The fourth-order valence-electron chi connectivity index (χ4n) is 1.81. The van der Waals surface area contributed by atoms with Gasteiger partial charge in [-0.1, -0.05) is 0 Å². The van der Waals surface area contributed by atoms with Crippen molar-refractivity contribution in [2.24, 2.45) is 0 Å². The predicted molar refractivity (Wildman–Crippen MR) is 54.2 cm³/mol. The number of fused-ring (bicyclic) bond motifs is 2. The summed E-state index contributed by atoms with van der Waals surface area (Å²) in [5.41, 5.74) is 1.26. The zero-order valence-corrected chi connectivity index (χ0v) is 8.95. The van der Waals surface area contributed by atoms with E-state index >= 15 is 0 Å². The van der Waals surface area contributed by atoms with Gasteiger partial charge in [0.25, 0.3) is 0 Å². The number of hydrogen-bond donors (Lipinski definition) is 0. The molecule has 0 atom stereocenters. The molecule has 1 aromatic heterocycles. The summed E-state index contributed by atoms with van der Waals surface area (Å²) in [6.07, 6.45) is 0.0644. The van der Waals surface area contributed by atoms with E-state index in [9.17, 15) is 9.59 Å². The van der Waals surface area contributed by atoms with Gasteiger partial charge in [0.15, 0.2) is 0 Å². The van der Waals surface area contributed by atoms with E-state index in [1.807, 2.05) is 18.2 Å². The summed E-state index contributed by atoms with van der Waals surface area (Å²) >= 11 is 0.344. The molecule has 1 aliphatic rings. The first-order valence-corrected chi connectivity index (χ1v) is 6.18. The van der Waals surface area contributed by atoms with Gasteiger partial charge >= 0.3 is 86.0 Å². The molecule has 0 saturated heterocycles. The molecule has 14 heavy (non-hydrogen) atoms. The van der Waals surface area contributed by atoms with Gasteiger partial charge in [-0.3, -0.25) is 0 Å². The van der Waals surface area contributed by atoms with Gasteiger partial charge in [-0.05, 0) is 0 Å². The molecule has 68 valence electrons. The quantitative estimate of drug-likeness (QED) is 0.525. The molecule has 3 heteroatoms. The average Bonchev–Trinajstić information content (AvgIpc) is 2.70. The average molecular weight is 249 g/mol. The molecule has 0 spiro atoms. The Labute approximate surface area is 86.3 Å². The Morgan fingerprint density at radius 1 is 1.07 bits per heavy atom. The summed E-state index contributed by atoms with van der Waals surface area (Å²) in [6.45, 7) is 0. The standard InChI is InChI=1S/C11H6O2Se/c12-9-5-10(13)8-4-11-6(1-2-14-11)3-7(8)9/h1-4H,5H2. The third-order valence-corrected chi connectivity index (χ3v) is 4.36. The normalized spacial score (nSPS) is 15.1. The van der Waals surface area contributed by atoms with Crippen LogP contribution < -0.4 is 0 Å². The number of Topliss-reactive ketones (excluding diaryl/α,β-unsaturated/α-hetero) is 2. The fraction of sp³-hybridized carbons (Fsp3) is 0.0909. The molecule has 1 aromatic carbocycles. The zero-order chi connectivity index (χ0) is 9.71. The number of carbonyl (C=O) groups is 2. The van der Waals surface area contributed by atoms with E-state index < -0.39 is 0 Å². The molecule has 0 fully saturated rings. The van der Waals surface area contributed by atoms with Gasteiger partial charge in [0.05, 0.1) is 0 Å². The summed E-state index contributed by atoms with van der Waals surface area (Å²) in [4.78, 5) is 25.0. The molecule has 0 saturated carbocycles. The van der Waals surface area contributed by atoms with E-state index in [0.29, 0.717) is 25.6 Å². The van der Waals surface area contributed by atoms with Gasteiger partial charge in [-0.25, -0.2) is 0 Å². The molecule has 0 radical (unpaired) electrons. The Bertz CT molecular complexity index is 518. The molecule has 0 bridgehead atoms. The number of carbonyl (C=O) groups excluding carboxylic acids is 2. The summed E-state index contributed by atoms with van der Waals surface area (Å²) in [5, 5.41) is 1.12. The first kappa shape index (κ1) is 8.15. The molecule has 2 aromatic rings. The molecule has 0 N–H and O–H groups in total. The van der Waals surface area contributed by atoms with Crippen molar-refractivity contribution in [2.75, 3.05) is 0 Å². The Morgan fingerprint density at radius 2 is 1.79 bits per heavy atom. The van der Waals surface area contributed by atoms with E-state index in [-0.39, 0.29) is 18.0 Å². The Hall–Kier alpha value is -1.18. The molecule has 0 unspecified atom stereocenters. The van der Waals surface area contributed by atoms with Gasteiger partial charge in [-0.15, -0.1) is 0 Å². The van der Waals surface area contributed by atoms with Crippen molar-refractivity contribution in [3.05, 3.63) is 34.3 Å². The third-order valence-electron chi connectivity index (χ3n) is 2.51. The van der Waals surface area contributed by atoms with Crippen molar-refractivity contribution < 1.29 is 9.59 Å². The van der Waals surface area contributed by atoms with Crippen LogP contribution in [0.5, 0.6) is 0 Å². The second kappa shape index (κ2) is 2.66. The second-order valence-electron chi connectivity index (χ2n) is 3.38. The van der Waals surface area contributed by atoms with Crippen molar-refractivity contribution in [2.45, 2.75) is 6.42 Å². The molecular formula is C11H6O2Se. The van der Waals surface area contributed by atoms with E-state index in [4.69, 9.17) is 0 Å². The van der Waals surface area contributed by atoms with E-state index in [0.717, 1.165) is 5.39 Å². The maximum atomic E-state index is 11.4. The molecule has 3 rings (SSSR count). The molecule has 1 aliphatic carbocycles. The molecule has 1 heterocycles. The molecule has 0 aliphatic heterocycles. The second-order valence-corrected chi connectivity index (χ2v) is 5.37. The fourth-order valence-corrected chi connectivity index (χ4v) is 3.51. The minimum atomic E-state index is -0.0272. The third kappa shape index (κ3) is 0.969. The van der Waals surface area contributed by atoms with Crippen molar-refractivity contribution in [3.8, 4) is 0 Å². The number of benzene rings is 1. The van der Waals surface area contributed by atoms with Crippen LogP contribution in [0, 0.1) is 0 Å². The number of rotatable bonds is 0. The van der Waals surface area contributed by atoms with E-state index in [1.165, 1.54) is 4.26 Å². The molecule has 0 amide bonds. The van der Waals surface area contributed by atoms with Crippen molar-refractivity contribution >= 4 is 35.7 Å². The summed E-state index contributed by atoms with van der Waals surface area (Å²) in [5.74, 6) is -0.0453. The van der Waals surface area contributed by atoms with Gasteiger partial charge in [0, 0.05) is 0 Å². The van der Waals surface area contributed by atoms with Crippen LogP contribution in [-0.4, -0.2) is 26.1 Å². The van der Waals surface area contributed by atoms with Crippen molar-refractivity contribution in [3.63, 3.8) is 0 Å². The SMILES string of the molecule is O=C1CC(=O)c2cc3[se]ccc3cc21. The van der Waals surface area contributed by atoms with Crippen LogP contribution in [0.2, 0.25) is 0 Å². The predicted octanol–water partition coefficient (Wildman–Crippen LogP) is 1.67. The van der Waals surface area contributed by atoms with E-state index in [2.05, 4.69) is 4.94 Å². The van der Waals surface area contributed by atoms with Gasteiger partial charge < -0.3 is 0 Å². The summed E-state index contributed by atoms with van der Waals surface area (Å²) in [7, 11) is 0. The minimum absolute atomic E-state index is 0.0181. The number of ketones is 2. The maximum absolute atomic E-state index is 11.4. The van der Waals surface area contributed by atoms with Crippen LogP contribution >= 0.6 is 0 Å². The van der Waals surface area contributed by atoms with Crippen LogP contribution in [0.25, 0.3) is 9.65 Å². The van der Waals surface area contributed by atoms with E-state index in [1.54, 1.807) is 0 Å². The first-order chi connectivity index (χ1) is 6.75. The molecule has 2 nitrogen and oxygen atoms in total. The van der Waals surface area contributed by atoms with Crippen LogP contribution in [0.4, 0.5) is 0 Å². The number of hydrogen-bond acceptors (Lipinski definition) is 2. The summed E-state index contributed by atoms with van der Waals surface area (Å²) < 4.78 is 1.22. The molecular weight excluding hydrogens is 243 g/mol. The van der Waals surface area contributed by atoms with Crippen LogP contribution in [0.15, 0.2) is 23.1 Å². The summed E-state index contributed by atoms with van der Waals surface area (Å²) in [6, 6.07) is 5.80. The monoisotopic (exact) mass is 250 g/mol.